The SMILES string of the molecule is CCNCCCS(=O)(=O)N(C)C(C)C(C)C. The Morgan fingerprint density at radius 1 is 1.25 bits per heavy atom. The normalized spacial score (nSPS) is 14.7. The molecule has 0 aliphatic rings. The average Bonchev–Trinajstić information content (AvgIpc) is 2.22. The van der Waals surface area contributed by atoms with E-state index < -0.39 is 10.0 Å². The molecule has 0 aliphatic carbocycles. The second-order valence-electron chi connectivity index (χ2n) is 4.52. The minimum Gasteiger partial charge on any atom is -0.317 e. The summed E-state index contributed by atoms with van der Waals surface area (Å²) >= 11 is 0. The van der Waals surface area contributed by atoms with Gasteiger partial charge in [0.05, 0.1) is 5.75 Å². The van der Waals surface area contributed by atoms with E-state index in [-0.39, 0.29) is 11.8 Å². The Bertz CT molecular complexity index is 276. The lowest BCUT2D eigenvalue weighted by molar-refractivity contribution is 0.315. The molecule has 0 aliphatic heterocycles. The van der Waals surface area contributed by atoms with Crippen LogP contribution in [0.3, 0.4) is 0 Å². The Kier molecular flexibility index (Phi) is 7.19. The quantitative estimate of drug-likeness (QED) is 0.661. The molecule has 5 heteroatoms. The topological polar surface area (TPSA) is 49.4 Å². The van der Waals surface area contributed by atoms with Crippen molar-refractivity contribution in [2.24, 2.45) is 5.92 Å². The van der Waals surface area contributed by atoms with E-state index in [1.54, 1.807) is 7.05 Å². The molecule has 0 aromatic heterocycles. The van der Waals surface area contributed by atoms with Crippen molar-refractivity contribution in [3.05, 3.63) is 0 Å². The van der Waals surface area contributed by atoms with Crippen molar-refractivity contribution in [3.63, 3.8) is 0 Å². The molecular weight excluding hydrogens is 224 g/mol. The van der Waals surface area contributed by atoms with Crippen LogP contribution in [0.25, 0.3) is 0 Å². The lowest BCUT2D eigenvalue weighted by Gasteiger charge is -2.27. The van der Waals surface area contributed by atoms with Gasteiger partial charge in [0.15, 0.2) is 0 Å². The Balaban J connectivity index is 4.21. The van der Waals surface area contributed by atoms with Crippen molar-refractivity contribution in [1.29, 1.82) is 0 Å². The molecule has 0 heterocycles. The molecule has 16 heavy (non-hydrogen) atoms. The molecule has 0 bridgehead atoms. The Labute approximate surface area is 100 Å². The van der Waals surface area contributed by atoms with E-state index in [9.17, 15) is 8.42 Å². The molecule has 0 saturated carbocycles. The zero-order valence-electron chi connectivity index (χ0n) is 11.2. The molecule has 98 valence electrons. The highest BCUT2D eigenvalue weighted by atomic mass is 32.2. The second kappa shape index (κ2) is 7.25. The van der Waals surface area contributed by atoms with Gasteiger partial charge in [0.2, 0.25) is 10.0 Å². The van der Waals surface area contributed by atoms with Crippen molar-refractivity contribution in [3.8, 4) is 0 Å². The van der Waals surface area contributed by atoms with Gasteiger partial charge in [-0.25, -0.2) is 12.7 Å². The van der Waals surface area contributed by atoms with Gasteiger partial charge in [0.1, 0.15) is 0 Å². The largest absolute Gasteiger partial charge is 0.317 e. The fourth-order valence-corrected chi connectivity index (χ4v) is 2.92. The summed E-state index contributed by atoms with van der Waals surface area (Å²) in [5.74, 6) is 0.571. The summed E-state index contributed by atoms with van der Waals surface area (Å²) in [7, 11) is -1.42. The summed E-state index contributed by atoms with van der Waals surface area (Å²) in [4.78, 5) is 0. The standard InChI is InChI=1S/C11H26N2O2S/c1-6-12-8-7-9-16(14,15)13(5)11(4)10(2)3/h10-12H,6-9H2,1-5H3. The molecule has 0 radical (unpaired) electrons. The molecular formula is C11H26N2O2S. The van der Waals surface area contributed by atoms with Gasteiger partial charge in [-0.3, -0.25) is 0 Å². The fraction of sp³-hybridized carbons (Fsp3) is 1.00. The van der Waals surface area contributed by atoms with Crippen LogP contribution in [0.4, 0.5) is 0 Å². The maximum absolute atomic E-state index is 11.9. The summed E-state index contributed by atoms with van der Waals surface area (Å²) in [5.41, 5.74) is 0. The van der Waals surface area contributed by atoms with Crippen LogP contribution in [0.2, 0.25) is 0 Å². The number of nitrogens with one attached hydrogen (secondary N) is 1. The average molecular weight is 250 g/mol. The van der Waals surface area contributed by atoms with Gasteiger partial charge < -0.3 is 5.32 Å². The highest BCUT2D eigenvalue weighted by Crippen LogP contribution is 2.13. The van der Waals surface area contributed by atoms with E-state index in [0.29, 0.717) is 12.3 Å². The van der Waals surface area contributed by atoms with Crippen LogP contribution in [0.15, 0.2) is 0 Å². The number of nitrogens with zero attached hydrogens (tertiary/aromatic N) is 1. The lowest BCUT2D eigenvalue weighted by Crippen LogP contribution is -2.40. The first-order valence-electron chi connectivity index (χ1n) is 5.99. The van der Waals surface area contributed by atoms with Crippen LogP contribution >= 0.6 is 0 Å². The van der Waals surface area contributed by atoms with Crippen LogP contribution in [0.5, 0.6) is 0 Å². The van der Waals surface area contributed by atoms with Gasteiger partial charge in [-0.1, -0.05) is 20.8 Å². The molecule has 0 aromatic rings. The molecule has 0 saturated heterocycles. The first-order chi connectivity index (χ1) is 7.33. The maximum atomic E-state index is 11.9. The van der Waals surface area contributed by atoms with Gasteiger partial charge >= 0.3 is 0 Å². The highest BCUT2D eigenvalue weighted by Gasteiger charge is 2.24. The van der Waals surface area contributed by atoms with E-state index in [1.807, 2.05) is 27.7 Å². The van der Waals surface area contributed by atoms with E-state index in [1.165, 1.54) is 4.31 Å². The predicted octanol–water partition coefficient (Wildman–Crippen LogP) is 1.29. The molecule has 1 atom stereocenters. The van der Waals surface area contributed by atoms with E-state index in [4.69, 9.17) is 0 Å². The van der Waals surface area contributed by atoms with Crippen LogP contribution in [-0.4, -0.2) is 44.7 Å². The van der Waals surface area contributed by atoms with Gasteiger partial charge in [0, 0.05) is 13.1 Å². The zero-order valence-corrected chi connectivity index (χ0v) is 12.0. The van der Waals surface area contributed by atoms with Crippen molar-refractivity contribution >= 4 is 10.0 Å². The first kappa shape index (κ1) is 15.9. The molecule has 0 rings (SSSR count). The molecule has 1 unspecified atom stereocenters. The van der Waals surface area contributed by atoms with E-state index in [2.05, 4.69) is 5.32 Å². The van der Waals surface area contributed by atoms with Crippen molar-refractivity contribution in [2.75, 3.05) is 25.9 Å². The summed E-state index contributed by atoms with van der Waals surface area (Å²) < 4.78 is 25.4. The Morgan fingerprint density at radius 3 is 2.25 bits per heavy atom. The predicted molar refractivity (Wildman–Crippen MR) is 69.0 cm³/mol. The second-order valence-corrected chi connectivity index (χ2v) is 6.67. The number of hydrogen-bond donors (Lipinski definition) is 1. The monoisotopic (exact) mass is 250 g/mol. The molecule has 1 N–H and O–H groups in total. The van der Waals surface area contributed by atoms with Gasteiger partial charge in [0.25, 0.3) is 0 Å². The van der Waals surface area contributed by atoms with E-state index >= 15 is 0 Å². The summed E-state index contributed by atoms with van der Waals surface area (Å²) in [6.45, 7) is 9.69. The molecule has 4 nitrogen and oxygen atoms in total. The third-order valence-electron chi connectivity index (χ3n) is 2.98. The van der Waals surface area contributed by atoms with Crippen LogP contribution in [-0.2, 0) is 10.0 Å². The van der Waals surface area contributed by atoms with Crippen LogP contribution < -0.4 is 5.32 Å². The van der Waals surface area contributed by atoms with Crippen molar-refractivity contribution < 1.29 is 8.42 Å². The Hall–Kier alpha value is -0.130. The van der Waals surface area contributed by atoms with Gasteiger partial charge in [-0.15, -0.1) is 0 Å². The van der Waals surface area contributed by atoms with Crippen LogP contribution in [0, 0.1) is 5.92 Å². The first-order valence-corrected chi connectivity index (χ1v) is 7.60. The molecule has 0 spiro atoms. The summed E-state index contributed by atoms with van der Waals surface area (Å²) in [6, 6.07) is 0.0594. The third-order valence-corrected chi connectivity index (χ3v) is 5.00. The Morgan fingerprint density at radius 2 is 1.81 bits per heavy atom. The number of hydrogen-bond acceptors (Lipinski definition) is 3. The minimum absolute atomic E-state index is 0.0594. The van der Waals surface area contributed by atoms with Gasteiger partial charge in [-0.05, 0) is 32.4 Å². The van der Waals surface area contributed by atoms with Crippen LogP contribution in [0.1, 0.15) is 34.1 Å². The smallest absolute Gasteiger partial charge is 0.214 e. The number of rotatable bonds is 8. The summed E-state index contributed by atoms with van der Waals surface area (Å²) in [6.07, 6.45) is 0.672. The van der Waals surface area contributed by atoms with Crippen molar-refractivity contribution in [2.45, 2.75) is 40.2 Å². The maximum Gasteiger partial charge on any atom is 0.214 e. The zero-order chi connectivity index (χ0) is 12.8. The summed E-state index contributed by atoms with van der Waals surface area (Å²) in [5, 5.41) is 3.13. The molecule has 0 amide bonds. The molecule has 0 aromatic carbocycles. The molecule has 0 fully saturated rings. The minimum atomic E-state index is -3.09. The van der Waals surface area contributed by atoms with Gasteiger partial charge in [-0.2, -0.15) is 0 Å². The number of sulfonamides is 1. The van der Waals surface area contributed by atoms with Crippen molar-refractivity contribution in [1.82, 2.24) is 9.62 Å². The highest BCUT2D eigenvalue weighted by molar-refractivity contribution is 7.89. The lowest BCUT2D eigenvalue weighted by atomic mass is 10.1. The third kappa shape index (κ3) is 5.27. The van der Waals surface area contributed by atoms with E-state index in [0.717, 1.165) is 13.1 Å². The fourth-order valence-electron chi connectivity index (χ4n) is 1.37.